The number of benzene rings is 1. The van der Waals surface area contributed by atoms with Crippen molar-refractivity contribution >= 4 is 17.8 Å². The van der Waals surface area contributed by atoms with Crippen molar-refractivity contribution in [3.8, 4) is 0 Å². The van der Waals surface area contributed by atoms with Crippen LogP contribution in [0.15, 0.2) is 35.2 Å². The summed E-state index contributed by atoms with van der Waals surface area (Å²) in [5.74, 6) is 0. The van der Waals surface area contributed by atoms with Crippen LogP contribution in [0, 0.1) is 0 Å². The second-order valence-corrected chi connectivity index (χ2v) is 7.70. The van der Waals surface area contributed by atoms with Crippen LogP contribution >= 0.6 is 11.8 Å². The van der Waals surface area contributed by atoms with Gasteiger partial charge in [0.15, 0.2) is 0 Å². The van der Waals surface area contributed by atoms with Crippen LogP contribution in [-0.4, -0.2) is 52.5 Å². The monoisotopic (exact) mass is 373 g/mol. The fourth-order valence-corrected chi connectivity index (χ4v) is 3.53. The Bertz CT molecular complexity index is 741. The Labute approximate surface area is 159 Å². The molecule has 1 aliphatic rings. The lowest BCUT2D eigenvalue weighted by atomic mass is 10.2. The van der Waals surface area contributed by atoms with Gasteiger partial charge in [0.25, 0.3) is 0 Å². The molecular formula is C19H27N5OS. The van der Waals surface area contributed by atoms with Gasteiger partial charge in [-0.1, -0.05) is 12.1 Å². The zero-order chi connectivity index (χ0) is 18.5. The summed E-state index contributed by atoms with van der Waals surface area (Å²) in [5, 5.41) is 7.54. The van der Waals surface area contributed by atoms with E-state index in [0.717, 1.165) is 38.3 Å². The van der Waals surface area contributed by atoms with Crippen LogP contribution in [0.25, 0.3) is 0 Å². The third kappa shape index (κ3) is 4.80. The summed E-state index contributed by atoms with van der Waals surface area (Å²) < 4.78 is 2.09. The number of carbonyl (C=O) groups is 1. The Kier molecular flexibility index (Phi) is 6.21. The number of fused-ring (bicyclic) bond motifs is 1. The smallest absolute Gasteiger partial charge is 0.317 e. The van der Waals surface area contributed by atoms with Crippen LogP contribution in [0.5, 0.6) is 0 Å². The average molecular weight is 374 g/mol. The lowest BCUT2D eigenvalue weighted by Crippen LogP contribution is -2.34. The Balaban J connectivity index is 1.62. The quantitative estimate of drug-likeness (QED) is 0.819. The van der Waals surface area contributed by atoms with Crippen LogP contribution < -0.4 is 5.32 Å². The van der Waals surface area contributed by atoms with E-state index in [4.69, 9.17) is 0 Å². The van der Waals surface area contributed by atoms with Gasteiger partial charge in [0.1, 0.15) is 0 Å². The molecule has 1 aromatic carbocycles. The predicted molar refractivity (Wildman–Crippen MR) is 105 cm³/mol. The van der Waals surface area contributed by atoms with E-state index in [1.165, 1.54) is 21.1 Å². The van der Waals surface area contributed by atoms with Crippen molar-refractivity contribution in [2.75, 3.05) is 26.9 Å². The van der Waals surface area contributed by atoms with Crippen molar-refractivity contribution in [1.29, 1.82) is 0 Å². The topological polar surface area (TPSA) is 53.4 Å². The molecule has 0 radical (unpaired) electrons. The lowest BCUT2D eigenvalue weighted by molar-refractivity contribution is 0.217. The van der Waals surface area contributed by atoms with Gasteiger partial charge in [-0.05, 0) is 36.4 Å². The van der Waals surface area contributed by atoms with Crippen molar-refractivity contribution in [1.82, 2.24) is 24.9 Å². The van der Waals surface area contributed by atoms with Crippen molar-refractivity contribution < 1.29 is 4.79 Å². The fraction of sp³-hybridized carbons (Fsp3) is 0.474. The summed E-state index contributed by atoms with van der Waals surface area (Å²) >= 11 is 1.77. The van der Waals surface area contributed by atoms with E-state index in [1.54, 1.807) is 25.9 Å². The standard InChI is InChI=1S/C19H27N5OS/c1-22(2)19(25)20-12-16-11-17-14-23(9-4-10-24(17)21-16)13-15-5-7-18(26-3)8-6-15/h5-8,11H,4,9-10,12-14H2,1-3H3,(H,20,25). The van der Waals surface area contributed by atoms with Gasteiger partial charge in [0.05, 0.1) is 17.9 Å². The molecule has 26 heavy (non-hydrogen) atoms. The number of urea groups is 1. The molecule has 2 aromatic rings. The number of nitrogens with one attached hydrogen (secondary N) is 1. The number of carbonyl (C=O) groups excluding carboxylic acids is 1. The van der Waals surface area contributed by atoms with Crippen molar-refractivity contribution in [2.24, 2.45) is 0 Å². The van der Waals surface area contributed by atoms with Crippen molar-refractivity contribution in [3.05, 3.63) is 47.3 Å². The SMILES string of the molecule is CSc1ccc(CN2CCCn3nc(CNC(=O)N(C)C)cc3C2)cc1. The summed E-state index contributed by atoms with van der Waals surface area (Å²) in [7, 11) is 3.47. The lowest BCUT2D eigenvalue weighted by Gasteiger charge is -2.19. The molecule has 2 amide bonds. The number of thioether (sulfide) groups is 1. The third-order valence-corrected chi connectivity index (χ3v) is 5.28. The minimum atomic E-state index is -0.0940. The molecule has 0 spiro atoms. The zero-order valence-electron chi connectivity index (χ0n) is 15.7. The number of hydrogen-bond acceptors (Lipinski definition) is 4. The van der Waals surface area contributed by atoms with Gasteiger partial charge < -0.3 is 10.2 Å². The van der Waals surface area contributed by atoms with E-state index in [2.05, 4.69) is 56.6 Å². The zero-order valence-corrected chi connectivity index (χ0v) is 16.6. The molecule has 1 N–H and O–H groups in total. The van der Waals surface area contributed by atoms with Gasteiger partial charge in [-0.3, -0.25) is 9.58 Å². The largest absolute Gasteiger partial charge is 0.332 e. The number of nitrogens with zero attached hydrogens (tertiary/aromatic N) is 4. The highest BCUT2D eigenvalue weighted by atomic mass is 32.2. The Morgan fingerprint density at radius 1 is 1.27 bits per heavy atom. The maximum absolute atomic E-state index is 11.7. The van der Waals surface area contributed by atoms with E-state index in [0.29, 0.717) is 6.54 Å². The summed E-state index contributed by atoms with van der Waals surface area (Å²) in [6.07, 6.45) is 3.19. The van der Waals surface area contributed by atoms with Crippen LogP contribution in [-0.2, 0) is 26.2 Å². The fourth-order valence-electron chi connectivity index (χ4n) is 3.12. The highest BCUT2D eigenvalue weighted by Crippen LogP contribution is 2.19. The average Bonchev–Trinajstić information content (AvgIpc) is 2.92. The molecule has 0 saturated carbocycles. The van der Waals surface area contributed by atoms with Gasteiger partial charge in [0, 0.05) is 45.2 Å². The second-order valence-electron chi connectivity index (χ2n) is 6.82. The van der Waals surface area contributed by atoms with Gasteiger partial charge in [-0.15, -0.1) is 11.8 Å². The summed E-state index contributed by atoms with van der Waals surface area (Å²) in [6.45, 7) is 4.30. The second kappa shape index (κ2) is 8.60. The molecule has 1 aliphatic heterocycles. The number of amides is 2. The van der Waals surface area contributed by atoms with Crippen LogP contribution in [0.1, 0.15) is 23.4 Å². The van der Waals surface area contributed by atoms with E-state index in [-0.39, 0.29) is 6.03 Å². The molecule has 140 valence electrons. The molecular weight excluding hydrogens is 346 g/mol. The van der Waals surface area contributed by atoms with Gasteiger partial charge in [-0.25, -0.2) is 4.79 Å². The third-order valence-electron chi connectivity index (χ3n) is 4.54. The van der Waals surface area contributed by atoms with Crippen LogP contribution in [0.2, 0.25) is 0 Å². The maximum Gasteiger partial charge on any atom is 0.317 e. The molecule has 3 rings (SSSR count). The first-order chi connectivity index (χ1) is 12.5. The molecule has 0 unspecified atom stereocenters. The Morgan fingerprint density at radius 3 is 2.73 bits per heavy atom. The highest BCUT2D eigenvalue weighted by molar-refractivity contribution is 7.98. The van der Waals surface area contributed by atoms with E-state index >= 15 is 0 Å². The van der Waals surface area contributed by atoms with Gasteiger partial charge in [0.2, 0.25) is 0 Å². The summed E-state index contributed by atoms with van der Waals surface area (Å²) in [5.41, 5.74) is 3.48. The molecule has 0 fully saturated rings. The van der Waals surface area contributed by atoms with E-state index < -0.39 is 0 Å². The minimum absolute atomic E-state index is 0.0940. The molecule has 1 aromatic heterocycles. The summed E-state index contributed by atoms with van der Waals surface area (Å²) in [6, 6.07) is 10.8. The van der Waals surface area contributed by atoms with Crippen molar-refractivity contribution in [2.45, 2.75) is 37.5 Å². The molecule has 0 bridgehead atoms. The number of aryl methyl sites for hydroxylation is 1. The normalized spacial score (nSPS) is 14.6. The number of hydrogen-bond donors (Lipinski definition) is 1. The molecule has 2 heterocycles. The Hall–Kier alpha value is -1.99. The number of rotatable bonds is 5. The Morgan fingerprint density at radius 2 is 2.04 bits per heavy atom. The first-order valence-corrected chi connectivity index (χ1v) is 10.1. The van der Waals surface area contributed by atoms with Crippen molar-refractivity contribution in [3.63, 3.8) is 0 Å². The number of aromatic nitrogens is 2. The minimum Gasteiger partial charge on any atom is -0.332 e. The maximum atomic E-state index is 11.7. The van der Waals surface area contributed by atoms with Gasteiger partial charge >= 0.3 is 6.03 Å². The first kappa shape index (κ1) is 18.8. The molecule has 0 aliphatic carbocycles. The highest BCUT2D eigenvalue weighted by Gasteiger charge is 2.17. The van der Waals surface area contributed by atoms with Crippen LogP contribution in [0.4, 0.5) is 4.79 Å². The molecule has 0 saturated heterocycles. The van der Waals surface area contributed by atoms with E-state index in [1.807, 2.05) is 0 Å². The van der Waals surface area contributed by atoms with Gasteiger partial charge in [-0.2, -0.15) is 5.10 Å². The molecule has 0 atom stereocenters. The summed E-state index contributed by atoms with van der Waals surface area (Å²) in [4.78, 5) is 17.0. The molecule has 6 nitrogen and oxygen atoms in total. The van der Waals surface area contributed by atoms with Crippen LogP contribution in [0.3, 0.4) is 0 Å². The van der Waals surface area contributed by atoms with E-state index in [9.17, 15) is 4.79 Å². The molecule has 7 heteroatoms. The first-order valence-electron chi connectivity index (χ1n) is 8.91. The predicted octanol–water partition coefficient (Wildman–Crippen LogP) is 2.78.